The molecule has 1 saturated carbocycles. The Balaban J connectivity index is 0.00000484. The smallest absolute Gasteiger partial charge is 0.235 e. The van der Waals surface area contributed by atoms with E-state index >= 15 is 0 Å². The summed E-state index contributed by atoms with van der Waals surface area (Å²) >= 11 is 0. The van der Waals surface area contributed by atoms with Gasteiger partial charge in [-0.2, -0.15) is 0 Å². The van der Waals surface area contributed by atoms with Crippen molar-refractivity contribution in [3.8, 4) is 0 Å². The van der Waals surface area contributed by atoms with Crippen molar-refractivity contribution < 1.29 is 17.9 Å². The van der Waals surface area contributed by atoms with Crippen molar-refractivity contribution in [3.05, 3.63) is 0 Å². The van der Waals surface area contributed by atoms with Crippen LogP contribution in [0, 0.1) is 5.92 Å². The summed E-state index contributed by atoms with van der Waals surface area (Å²) in [4.78, 5) is 11.9. The molecule has 0 heterocycles. The summed E-state index contributed by atoms with van der Waals surface area (Å²) in [6.45, 7) is 4.10. The summed E-state index contributed by atoms with van der Waals surface area (Å²) in [5.74, 6) is -0.166. The lowest BCUT2D eigenvalue weighted by molar-refractivity contribution is -0.121. The van der Waals surface area contributed by atoms with E-state index < -0.39 is 10.0 Å². The number of hydrogen-bond acceptors (Lipinski definition) is 5. The maximum Gasteiger partial charge on any atom is 0.235 e. The highest BCUT2D eigenvalue weighted by Gasteiger charge is 2.25. The second-order valence-electron chi connectivity index (χ2n) is 6.01. The lowest BCUT2D eigenvalue weighted by Gasteiger charge is -2.31. The van der Waals surface area contributed by atoms with E-state index in [9.17, 15) is 13.2 Å². The minimum Gasteiger partial charge on any atom is -0.378 e. The van der Waals surface area contributed by atoms with Crippen molar-refractivity contribution in [1.29, 1.82) is 0 Å². The predicted molar refractivity (Wildman–Crippen MR) is 93.1 cm³/mol. The first-order valence-corrected chi connectivity index (χ1v) is 9.57. The quantitative estimate of drug-likeness (QED) is 0.543. The number of carbonyl (C=O) groups excluding carboxylic acids is 1. The molecule has 0 aromatic rings. The number of nitrogens with two attached hydrogens (primary N) is 1. The van der Waals surface area contributed by atoms with Gasteiger partial charge in [-0.25, -0.2) is 13.1 Å². The Kier molecular flexibility index (Phi) is 11.0. The maximum absolute atomic E-state index is 11.9. The first-order valence-electron chi connectivity index (χ1n) is 7.92. The maximum atomic E-state index is 11.9. The molecule has 138 valence electrons. The molecule has 0 aliphatic heterocycles. The fourth-order valence-corrected chi connectivity index (χ4v) is 3.39. The molecule has 0 aromatic heterocycles. The molecular formula is C14H30ClN3O4S. The van der Waals surface area contributed by atoms with Gasteiger partial charge >= 0.3 is 0 Å². The Morgan fingerprint density at radius 1 is 1.30 bits per heavy atom. The van der Waals surface area contributed by atoms with Gasteiger partial charge in [0, 0.05) is 6.04 Å². The number of hydrogen-bond donors (Lipinski definition) is 3. The normalized spacial score (nSPS) is 21.7. The van der Waals surface area contributed by atoms with Crippen LogP contribution in [0.15, 0.2) is 0 Å². The topological polar surface area (TPSA) is 111 Å². The van der Waals surface area contributed by atoms with Crippen LogP contribution in [-0.4, -0.2) is 51.9 Å². The predicted octanol–water partition coefficient (Wildman–Crippen LogP) is 0.386. The van der Waals surface area contributed by atoms with Gasteiger partial charge in [0.2, 0.25) is 15.9 Å². The third-order valence-corrected chi connectivity index (χ3v) is 5.10. The summed E-state index contributed by atoms with van der Waals surface area (Å²) in [6.07, 6.45) is 4.11. The molecule has 0 aromatic carbocycles. The zero-order valence-electron chi connectivity index (χ0n) is 13.9. The molecule has 2 atom stereocenters. The average Bonchev–Trinajstić information content (AvgIpc) is 2.45. The zero-order chi connectivity index (χ0) is 16.6. The molecule has 7 nitrogen and oxygen atoms in total. The summed E-state index contributed by atoms with van der Waals surface area (Å²) in [6, 6.07) is 0.0556. The van der Waals surface area contributed by atoms with Crippen LogP contribution in [0.25, 0.3) is 0 Å². The fourth-order valence-electron chi connectivity index (χ4n) is 2.58. The van der Waals surface area contributed by atoms with Crippen LogP contribution >= 0.6 is 12.4 Å². The van der Waals surface area contributed by atoms with Gasteiger partial charge in [0.05, 0.1) is 25.0 Å². The number of carbonyl (C=O) groups is 1. The van der Waals surface area contributed by atoms with E-state index in [0.717, 1.165) is 25.7 Å². The first kappa shape index (κ1) is 22.6. The largest absolute Gasteiger partial charge is 0.378 e. The van der Waals surface area contributed by atoms with Crippen molar-refractivity contribution >= 4 is 28.3 Å². The standard InChI is InChI=1S/C14H29N3O4S.ClH/c1-11(2)21-7-8-22(19,20)16-10-14(18)17-13-6-4-3-5-12(13)9-15;/h11-13,16H,3-10,15H2,1-2H3,(H,17,18);1H. The van der Waals surface area contributed by atoms with Crippen molar-refractivity contribution in [1.82, 2.24) is 10.0 Å². The molecule has 4 N–H and O–H groups in total. The Morgan fingerprint density at radius 2 is 1.96 bits per heavy atom. The Bertz CT molecular complexity index is 445. The molecule has 0 bridgehead atoms. The van der Waals surface area contributed by atoms with E-state index in [4.69, 9.17) is 10.5 Å². The van der Waals surface area contributed by atoms with Crippen molar-refractivity contribution in [3.63, 3.8) is 0 Å². The number of rotatable bonds is 9. The van der Waals surface area contributed by atoms with Gasteiger partial charge in [-0.3, -0.25) is 4.79 Å². The number of sulfonamides is 1. The highest BCUT2D eigenvalue weighted by Crippen LogP contribution is 2.23. The molecule has 1 amide bonds. The summed E-state index contributed by atoms with van der Waals surface area (Å²) in [5.41, 5.74) is 5.72. The van der Waals surface area contributed by atoms with E-state index in [1.54, 1.807) is 0 Å². The average molecular weight is 372 g/mol. The number of amides is 1. The van der Waals surface area contributed by atoms with Gasteiger partial charge in [0.1, 0.15) is 0 Å². The van der Waals surface area contributed by atoms with Crippen LogP contribution in [0.4, 0.5) is 0 Å². The first-order chi connectivity index (χ1) is 10.3. The second kappa shape index (κ2) is 11.2. The van der Waals surface area contributed by atoms with Crippen LogP contribution < -0.4 is 15.8 Å². The van der Waals surface area contributed by atoms with Crippen molar-refractivity contribution in [2.24, 2.45) is 11.7 Å². The zero-order valence-corrected chi connectivity index (χ0v) is 15.5. The van der Waals surface area contributed by atoms with Crippen molar-refractivity contribution in [2.75, 3.05) is 25.4 Å². The number of nitrogens with one attached hydrogen (secondary N) is 2. The third kappa shape index (κ3) is 9.46. The molecule has 1 rings (SSSR count). The molecule has 9 heteroatoms. The third-order valence-electron chi connectivity index (χ3n) is 3.81. The number of ether oxygens (including phenoxy) is 1. The summed E-state index contributed by atoms with van der Waals surface area (Å²) in [5, 5.41) is 2.89. The van der Waals surface area contributed by atoms with E-state index in [1.165, 1.54) is 0 Å². The summed E-state index contributed by atoms with van der Waals surface area (Å²) < 4.78 is 31.0. The van der Waals surface area contributed by atoms with E-state index in [1.807, 2.05) is 13.8 Å². The van der Waals surface area contributed by atoms with E-state index in [0.29, 0.717) is 6.54 Å². The molecule has 0 radical (unpaired) electrons. The Morgan fingerprint density at radius 3 is 2.57 bits per heavy atom. The van der Waals surface area contributed by atoms with Crippen LogP contribution in [0.3, 0.4) is 0 Å². The number of halogens is 1. The Labute approximate surface area is 145 Å². The molecule has 1 aliphatic rings. The van der Waals surface area contributed by atoms with Crippen LogP contribution in [-0.2, 0) is 19.6 Å². The molecule has 0 spiro atoms. The van der Waals surface area contributed by atoms with E-state index in [2.05, 4.69) is 10.0 Å². The minimum atomic E-state index is -3.49. The van der Waals surface area contributed by atoms with Gasteiger partial charge in [-0.1, -0.05) is 12.8 Å². The SMILES string of the molecule is CC(C)OCCS(=O)(=O)NCC(=O)NC1CCCCC1CN.Cl. The molecule has 0 saturated heterocycles. The molecule has 1 aliphatic carbocycles. The highest BCUT2D eigenvalue weighted by molar-refractivity contribution is 7.89. The van der Waals surface area contributed by atoms with Gasteiger partial charge in [0.15, 0.2) is 0 Å². The van der Waals surface area contributed by atoms with E-state index in [-0.39, 0.29) is 55.3 Å². The van der Waals surface area contributed by atoms with Crippen LogP contribution in [0.2, 0.25) is 0 Å². The fraction of sp³-hybridized carbons (Fsp3) is 0.929. The molecule has 23 heavy (non-hydrogen) atoms. The lowest BCUT2D eigenvalue weighted by Crippen LogP contribution is -2.48. The van der Waals surface area contributed by atoms with Gasteiger partial charge in [-0.15, -0.1) is 12.4 Å². The lowest BCUT2D eigenvalue weighted by atomic mass is 9.84. The monoisotopic (exact) mass is 371 g/mol. The summed E-state index contributed by atoms with van der Waals surface area (Å²) in [7, 11) is -3.49. The van der Waals surface area contributed by atoms with Gasteiger partial charge in [-0.05, 0) is 39.2 Å². The highest BCUT2D eigenvalue weighted by atomic mass is 35.5. The Hall–Kier alpha value is -0.410. The molecule has 2 unspecified atom stereocenters. The molecular weight excluding hydrogens is 342 g/mol. The minimum absolute atomic E-state index is 0. The van der Waals surface area contributed by atoms with Crippen LogP contribution in [0.1, 0.15) is 39.5 Å². The van der Waals surface area contributed by atoms with Crippen LogP contribution in [0.5, 0.6) is 0 Å². The van der Waals surface area contributed by atoms with Gasteiger partial charge in [0.25, 0.3) is 0 Å². The van der Waals surface area contributed by atoms with Gasteiger partial charge < -0.3 is 15.8 Å². The second-order valence-corrected chi connectivity index (χ2v) is 7.94. The molecule has 1 fully saturated rings. The van der Waals surface area contributed by atoms with Crippen molar-refractivity contribution in [2.45, 2.75) is 51.7 Å².